The summed E-state index contributed by atoms with van der Waals surface area (Å²) in [5.74, 6) is 0. The molecule has 0 amide bonds. The van der Waals surface area contributed by atoms with Gasteiger partial charge in [0.2, 0.25) is 0 Å². The molecule has 0 fully saturated rings. The lowest BCUT2D eigenvalue weighted by atomic mass is 10.8. The standard InChI is InChI=1S/C4H8ClN/c1-4(5)6(2)3/h1H2,2-3H3. The SMILES string of the molecule is C=C(Cl)N(C)C. The molecule has 0 spiro atoms. The number of rotatable bonds is 1. The molecular formula is C4H8ClN. The molecule has 0 aromatic rings. The summed E-state index contributed by atoms with van der Waals surface area (Å²) < 4.78 is 0. The van der Waals surface area contributed by atoms with Crippen molar-refractivity contribution in [2.45, 2.75) is 0 Å². The Bertz CT molecular complexity index is 58.6. The van der Waals surface area contributed by atoms with Gasteiger partial charge in [0.15, 0.2) is 0 Å². The first kappa shape index (κ1) is 5.83. The quantitative estimate of drug-likeness (QED) is 0.454. The monoisotopic (exact) mass is 105 g/mol. The molecule has 0 aromatic heterocycles. The molecule has 0 aliphatic carbocycles. The third-order valence-corrected chi connectivity index (χ3v) is 0.823. The predicted octanol–water partition coefficient (Wildman–Crippen LogP) is 1.26. The Hall–Kier alpha value is -0.170. The number of hydrogen-bond acceptors (Lipinski definition) is 1. The van der Waals surface area contributed by atoms with Crippen LogP contribution in [0.1, 0.15) is 0 Å². The summed E-state index contributed by atoms with van der Waals surface area (Å²) in [4.78, 5) is 1.74. The average Bonchev–Trinajstić information content (AvgIpc) is 1.36. The highest BCUT2D eigenvalue weighted by molar-refractivity contribution is 6.28. The highest BCUT2D eigenvalue weighted by Crippen LogP contribution is 1.96. The van der Waals surface area contributed by atoms with Crippen LogP contribution >= 0.6 is 11.6 Å². The highest BCUT2D eigenvalue weighted by atomic mass is 35.5. The first-order valence-corrected chi connectivity index (χ1v) is 2.04. The van der Waals surface area contributed by atoms with Crippen LogP contribution in [-0.2, 0) is 0 Å². The first-order valence-electron chi connectivity index (χ1n) is 1.66. The lowest BCUT2D eigenvalue weighted by Gasteiger charge is -2.05. The van der Waals surface area contributed by atoms with E-state index in [1.54, 1.807) is 4.90 Å². The van der Waals surface area contributed by atoms with Crippen LogP contribution in [0.15, 0.2) is 11.7 Å². The normalized spacial score (nSPS) is 7.83. The van der Waals surface area contributed by atoms with Crippen molar-refractivity contribution in [2.24, 2.45) is 0 Å². The van der Waals surface area contributed by atoms with E-state index < -0.39 is 0 Å². The van der Waals surface area contributed by atoms with Crippen molar-refractivity contribution in [1.82, 2.24) is 4.90 Å². The van der Waals surface area contributed by atoms with E-state index in [0.717, 1.165) is 0 Å². The fraction of sp³-hybridized carbons (Fsp3) is 0.500. The van der Waals surface area contributed by atoms with Gasteiger partial charge in [0.25, 0.3) is 0 Å². The Morgan fingerprint density at radius 2 is 1.83 bits per heavy atom. The molecule has 0 unspecified atom stereocenters. The number of hydrogen-bond donors (Lipinski definition) is 0. The van der Waals surface area contributed by atoms with Gasteiger partial charge < -0.3 is 4.90 Å². The smallest absolute Gasteiger partial charge is 0.0965 e. The molecule has 6 heavy (non-hydrogen) atoms. The minimum absolute atomic E-state index is 0.565. The Morgan fingerprint density at radius 3 is 1.83 bits per heavy atom. The molecule has 0 rings (SSSR count). The number of nitrogens with zero attached hydrogens (tertiary/aromatic N) is 1. The van der Waals surface area contributed by atoms with Crippen molar-refractivity contribution < 1.29 is 0 Å². The van der Waals surface area contributed by atoms with E-state index in [1.807, 2.05) is 14.1 Å². The van der Waals surface area contributed by atoms with E-state index in [1.165, 1.54) is 0 Å². The molecule has 0 saturated carbocycles. The Balaban J connectivity index is 3.26. The van der Waals surface area contributed by atoms with E-state index in [0.29, 0.717) is 5.16 Å². The molecule has 0 atom stereocenters. The Labute approximate surface area is 43.2 Å². The van der Waals surface area contributed by atoms with Crippen LogP contribution in [0.25, 0.3) is 0 Å². The zero-order chi connectivity index (χ0) is 5.15. The molecule has 0 radical (unpaired) electrons. The molecule has 0 saturated heterocycles. The van der Waals surface area contributed by atoms with Gasteiger partial charge in [-0.1, -0.05) is 18.2 Å². The minimum atomic E-state index is 0.565. The van der Waals surface area contributed by atoms with Gasteiger partial charge in [-0.15, -0.1) is 0 Å². The first-order chi connectivity index (χ1) is 2.64. The Kier molecular flexibility index (Phi) is 2.03. The lowest BCUT2D eigenvalue weighted by molar-refractivity contribution is 0.549. The van der Waals surface area contributed by atoms with Gasteiger partial charge in [-0.05, 0) is 0 Å². The van der Waals surface area contributed by atoms with Gasteiger partial charge in [0, 0.05) is 14.1 Å². The zero-order valence-corrected chi connectivity index (χ0v) is 4.79. The van der Waals surface area contributed by atoms with Gasteiger partial charge in [-0.2, -0.15) is 0 Å². The maximum Gasteiger partial charge on any atom is 0.0965 e. The molecule has 0 heterocycles. The number of halogens is 1. The Morgan fingerprint density at radius 1 is 1.67 bits per heavy atom. The second-order valence-electron chi connectivity index (χ2n) is 1.27. The lowest BCUT2D eigenvalue weighted by Crippen LogP contribution is -2.04. The average molecular weight is 106 g/mol. The van der Waals surface area contributed by atoms with E-state index in [9.17, 15) is 0 Å². The maximum atomic E-state index is 5.34. The summed E-state index contributed by atoms with van der Waals surface area (Å²) in [6.45, 7) is 3.45. The van der Waals surface area contributed by atoms with E-state index >= 15 is 0 Å². The van der Waals surface area contributed by atoms with Gasteiger partial charge in [-0.3, -0.25) is 0 Å². The van der Waals surface area contributed by atoms with Crippen LogP contribution in [0.3, 0.4) is 0 Å². The topological polar surface area (TPSA) is 3.24 Å². The minimum Gasteiger partial charge on any atom is -0.369 e. The van der Waals surface area contributed by atoms with Crippen LogP contribution in [0.5, 0.6) is 0 Å². The van der Waals surface area contributed by atoms with Gasteiger partial charge in [0.1, 0.15) is 0 Å². The third-order valence-electron chi connectivity index (χ3n) is 0.485. The summed E-state index contributed by atoms with van der Waals surface area (Å²) in [7, 11) is 3.69. The van der Waals surface area contributed by atoms with Gasteiger partial charge in [-0.25, -0.2) is 0 Å². The summed E-state index contributed by atoms with van der Waals surface area (Å²) in [6.07, 6.45) is 0. The molecule has 0 aromatic carbocycles. The van der Waals surface area contributed by atoms with Crippen molar-refractivity contribution in [2.75, 3.05) is 14.1 Å². The van der Waals surface area contributed by atoms with E-state index in [-0.39, 0.29) is 0 Å². The predicted molar refractivity (Wildman–Crippen MR) is 28.7 cm³/mol. The summed E-state index contributed by atoms with van der Waals surface area (Å²) in [5.41, 5.74) is 0. The van der Waals surface area contributed by atoms with Crippen molar-refractivity contribution in [1.29, 1.82) is 0 Å². The second kappa shape index (κ2) is 2.08. The summed E-state index contributed by atoms with van der Waals surface area (Å²) in [6, 6.07) is 0. The van der Waals surface area contributed by atoms with Crippen molar-refractivity contribution in [3.63, 3.8) is 0 Å². The molecule has 0 aliphatic heterocycles. The van der Waals surface area contributed by atoms with Crippen LogP contribution in [0.2, 0.25) is 0 Å². The molecular weight excluding hydrogens is 97.5 g/mol. The molecule has 0 bridgehead atoms. The molecule has 0 N–H and O–H groups in total. The molecule has 36 valence electrons. The second-order valence-corrected chi connectivity index (χ2v) is 1.71. The maximum absolute atomic E-state index is 5.34. The van der Waals surface area contributed by atoms with Crippen molar-refractivity contribution in [3.05, 3.63) is 11.7 Å². The summed E-state index contributed by atoms with van der Waals surface area (Å²) in [5, 5.41) is 0.565. The zero-order valence-electron chi connectivity index (χ0n) is 4.03. The molecule has 0 aliphatic rings. The summed E-state index contributed by atoms with van der Waals surface area (Å²) >= 11 is 5.34. The van der Waals surface area contributed by atoms with E-state index in [4.69, 9.17) is 11.6 Å². The van der Waals surface area contributed by atoms with Crippen LogP contribution in [-0.4, -0.2) is 19.0 Å². The molecule has 1 nitrogen and oxygen atoms in total. The van der Waals surface area contributed by atoms with Crippen LogP contribution in [0, 0.1) is 0 Å². The fourth-order valence-corrected chi connectivity index (χ4v) is 0. The van der Waals surface area contributed by atoms with Crippen molar-refractivity contribution >= 4 is 11.6 Å². The van der Waals surface area contributed by atoms with Crippen LogP contribution < -0.4 is 0 Å². The molecule has 2 heteroatoms. The van der Waals surface area contributed by atoms with Crippen LogP contribution in [0.4, 0.5) is 0 Å². The highest BCUT2D eigenvalue weighted by Gasteiger charge is 1.82. The van der Waals surface area contributed by atoms with Gasteiger partial charge >= 0.3 is 0 Å². The largest absolute Gasteiger partial charge is 0.369 e. The fourth-order valence-electron chi connectivity index (χ4n) is 0. The third kappa shape index (κ3) is 2.09. The van der Waals surface area contributed by atoms with Gasteiger partial charge in [0.05, 0.1) is 5.16 Å². The van der Waals surface area contributed by atoms with E-state index in [2.05, 4.69) is 6.58 Å². The van der Waals surface area contributed by atoms with Crippen molar-refractivity contribution in [3.8, 4) is 0 Å².